The molecule has 0 radical (unpaired) electrons. The quantitative estimate of drug-likeness (QED) is 0.833. The van der Waals surface area contributed by atoms with Crippen LogP contribution in [0.4, 0.5) is 0 Å². The largest absolute Gasteiger partial charge is 0.394 e. The van der Waals surface area contributed by atoms with E-state index in [4.69, 9.17) is 0 Å². The average Bonchev–Trinajstić information content (AvgIpc) is 2.74. The van der Waals surface area contributed by atoms with Gasteiger partial charge in [-0.2, -0.15) is 0 Å². The topological polar surface area (TPSA) is 25.2 Å². The number of nitrogens with zero attached hydrogens (tertiary/aromatic N) is 1. The van der Waals surface area contributed by atoms with Crippen molar-refractivity contribution in [2.75, 3.05) is 6.61 Å². The first-order valence-electron chi connectivity index (χ1n) is 5.59. The molecule has 2 aromatic rings. The summed E-state index contributed by atoms with van der Waals surface area (Å²) in [6.45, 7) is 2.23. The van der Waals surface area contributed by atoms with E-state index in [9.17, 15) is 5.11 Å². The van der Waals surface area contributed by atoms with Gasteiger partial charge in [0.15, 0.2) is 0 Å². The lowest BCUT2D eigenvalue weighted by Gasteiger charge is -2.18. The third-order valence-corrected chi connectivity index (χ3v) is 2.91. The van der Waals surface area contributed by atoms with Crippen LogP contribution < -0.4 is 0 Å². The van der Waals surface area contributed by atoms with Crippen molar-refractivity contribution in [1.29, 1.82) is 0 Å². The first-order valence-corrected chi connectivity index (χ1v) is 5.59. The molecule has 1 aromatic heterocycles. The molecule has 1 aromatic carbocycles. The number of hydrogen-bond donors (Lipinski definition) is 1. The third-order valence-electron chi connectivity index (χ3n) is 2.91. The molecule has 0 saturated carbocycles. The van der Waals surface area contributed by atoms with Gasteiger partial charge in [-0.3, -0.25) is 0 Å². The molecule has 1 atom stereocenters. The van der Waals surface area contributed by atoms with Crippen LogP contribution in [0.1, 0.15) is 17.3 Å². The smallest absolute Gasteiger partial charge is 0.0642 e. The molecule has 0 aliphatic heterocycles. The van der Waals surface area contributed by atoms with E-state index in [1.807, 2.05) is 30.5 Å². The van der Waals surface area contributed by atoms with E-state index < -0.39 is 0 Å². The maximum atomic E-state index is 9.46. The van der Waals surface area contributed by atoms with E-state index in [1.165, 1.54) is 11.3 Å². The van der Waals surface area contributed by atoms with Crippen molar-refractivity contribution >= 4 is 0 Å². The summed E-state index contributed by atoms with van der Waals surface area (Å²) in [4.78, 5) is 0. The van der Waals surface area contributed by atoms with Crippen LogP contribution in [0.5, 0.6) is 0 Å². The molecule has 0 spiro atoms. The van der Waals surface area contributed by atoms with Gasteiger partial charge in [-0.15, -0.1) is 0 Å². The highest BCUT2D eigenvalue weighted by Gasteiger charge is 2.11. The minimum Gasteiger partial charge on any atom is -0.394 e. The third kappa shape index (κ3) is 2.34. The van der Waals surface area contributed by atoms with Gasteiger partial charge in [0.25, 0.3) is 0 Å². The molecule has 2 nitrogen and oxygen atoms in total. The van der Waals surface area contributed by atoms with E-state index in [2.05, 4.69) is 29.7 Å². The summed E-state index contributed by atoms with van der Waals surface area (Å²) >= 11 is 0. The van der Waals surface area contributed by atoms with E-state index >= 15 is 0 Å². The van der Waals surface area contributed by atoms with Crippen LogP contribution in [0, 0.1) is 6.92 Å². The minimum absolute atomic E-state index is 0.136. The van der Waals surface area contributed by atoms with Gasteiger partial charge in [0.05, 0.1) is 12.6 Å². The molecule has 0 amide bonds. The number of aromatic nitrogens is 1. The van der Waals surface area contributed by atoms with Gasteiger partial charge in [-0.1, -0.05) is 30.3 Å². The Morgan fingerprint density at radius 1 is 1.12 bits per heavy atom. The number of rotatable bonds is 4. The molecular formula is C14H17NO. The fraction of sp³-hybridized carbons (Fsp3) is 0.286. The number of benzene rings is 1. The zero-order chi connectivity index (χ0) is 11.4. The fourth-order valence-electron chi connectivity index (χ4n) is 2.03. The van der Waals surface area contributed by atoms with Crippen LogP contribution in [0.2, 0.25) is 0 Å². The minimum atomic E-state index is 0.136. The molecule has 16 heavy (non-hydrogen) atoms. The summed E-state index contributed by atoms with van der Waals surface area (Å²) in [5, 5.41) is 9.46. The van der Waals surface area contributed by atoms with E-state index in [0.29, 0.717) is 0 Å². The Morgan fingerprint density at radius 3 is 2.44 bits per heavy atom. The zero-order valence-corrected chi connectivity index (χ0v) is 9.50. The zero-order valence-electron chi connectivity index (χ0n) is 9.50. The van der Waals surface area contributed by atoms with Gasteiger partial charge in [-0.25, -0.2) is 0 Å². The van der Waals surface area contributed by atoms with Crippen molar-refractivity contribution < 1.29 is 5.11 Å². The standard InChI is InChI=1S/C14H17NO/c1-12-6-5-9-15(12)14(11-16)10-13-7-3-2-4-8-13/h2-9,14,16H,10-11H2,1H3. The molecular weight excluding hydrogens is 198 g/mol. The van der Waals surface area contributed by atoms with Crippen molar-refractivity contribution in [2.45, 2.75) is 19.4 Å². The number of aliphatic hydroxyl groups excluding tert-OH is 1. The van der Waals surface area contributed by atoms with Crippen LogP contribution in [-0.4, -0.2) is 16.3 Å². The predicted octanol–water partition coefficient (Wildman–Crippen LogP) is 2.57. The molecule has 2 rings (SSSR count). The van der Waals surface area contributed by atoms with Crippen LogP contribution in [-0.2, 0) is 6.42 Å². The lowest BCUT2D eigenvalue weighted by atomic mass is 10.1. The monoisotopic (exact) mass is 215 g/mol. The van der Waals surface area contributed by atoms with Crippen LogP contribution >= 0.6 is 0 Å². The van der Waals surface area contributed by atoms with E-state index in [0.717, 1.165) is 6.42 Å². The molecule has 1 heterocycles. The number of aryl methyl sites for hydroxylation is 1. The van der Waals surface area contributed by atoms with Gasteiger partial charge >= 0.3 is 0 Å². The number of aliphatic hydroxyl groups is 1. The van der Waals surface area contributed by atoms with E-state index in [-0.39, 0.29) is 12.6 Å². The Hall–Kier alpha value is -1.54. The Kier molecular flexibility index (Phi) is 3.42. The first-order chi connectivity index (χ1) is 7.81. The van der Waals surface area contributed by atoms with Gasteiger partial charge in [0, 0.05) is 11.9 Å². The Bertz CT molecular complexity index is 433. The van der Waals surface area contributed by atoms with Crippen LogP contribution in [0.25, 0.3) is 0 Å². The fourth-order valence-corrected chi connectivity index (χ4v) is 2.03. The number of hydrogen-bond acceptors (Lipinski definition) is 1. The van der Waals surface area contributed by atoms with Crippen molar-refractivity contribution in [2.24, 2.45) is 0 Å². The summed E-state index contributed by atoms with van der Waals surface area (Å²) in [6, 6.07) is 14.5. The second-order valence-electron chi connectivity index (χ2n) is 4.08. The van der Waals surface area contributed by atoms with Gasteiger partial charge in [0.2, 0.25) is 0 Å². The Balaban J connectivity index is 2.16. The van der Waals surface area contributed by atoms with Gasteiger partial charge in [0.1, 0.15) is 0 Å². The van der Waals surface area contributed by atoms with Crippen molar-refractivity contribution in [1.82, 2.24) is 4.57 Å². The SMILES string of the molecule is Cc1cccn1C(CO)Cc1ccccc1. The van der Waals surface area contributed by atoms with Crippen molar-refractivity contribution in [3.8, 4) is 0 Å². The van der Waals surface area contributed by atoms with Crippen LogP contribution in [0.15, 0.2) is 48.7 Å². The van der Waals surface area contributed by atoms with Crippen molar-refractivity contribution in [3.63, 3.8) is 0 Å². The van der Waals surface area contributed by atoms with Gasteiger partial charge < -0.3 is 9.67 Å². The molecule has 0 fully saturated rings. The summed E-state index contributed by atoms with van der Waals surface area (Å²) in [5.74, 6) is 0. The van der Waals surface area contributed by atoms with Crippen LogP contribution in [0.3, 0.4) is 0 Å². The lowest BCUT2D eigenvalue weighted by molar-refractivity contribution is 0.226. The second-order valence-corrected chi connectivity index (χ2v) is 4.08. The highest BCUT2D eigenvalue weighted by atomic mass is 16.3. The highest BCUT2D eigenvalue weighted by molar-refractivity contribution is 5.16. The lowest BCUT2D eigenvalue weighted by Crippen LogP contribution is -2.16. The molecule has 0 bridgehead atoms. The van der Waals surface area contributed by atoms with Crippen molar-refractivity contribution in [3.05, 3.63) is 59.9 Å². The molecule has 1 N–H and O–H groups in total. The summed E-state index contributed by atoms with van der Waals surface area (Å²) in [6.07, 6.45) is 2.89. The maximum absolute atomic E-state index is 9.46. The first kappa shape index (κ1) is 11.0. The Morgan fingerprint density at radius 2 is 1.88 bits per heavy atom. The summed E-state index contributed by atoms with van der Waals surface area (Å²) in [5.41, 5.74) is 2.45. The average molecular weight is 215 g/mol. The summed E-state index contributed by atoms with van der Waals surface area (Å²) < 4.78 is 2.13. The van der Waals surface area contributed by atoms with E-state index in [1.54, 1.807) is 0 Å². The second kappa shape index (κ2) is 4.99. The summed E-state index contributed by atoms with van der Waals surface area (Å²) in [7, 11) is 0. The molecule has 84 valence electrons. The Labute approximate surface area is 96.2 Å². The predicted molar refractivity (Wildman–Crippen MR) is 65.4 cm³/mol. The van der Waals surface area contributed by atoms with Gasteiger partial charge in [-0.05, 0) is 31.0 Å². The highest BCUT2D eigenvalue weighted by Crippen LogP contribution is 2.16. The molecule has 1 unspecified atom stereocenters. The molecule has 2 heteroatoms. The molecule has 0 aliphatic rings. The maximum Gasteiger partial charge on any atom is 0.0642 e. The normalized spacial score (nSPS) is 12.6. The molecule has 0 saturated heterocycles. The molecule has 0 aliphatic carbocycles.